The topological polar surface area (TPSA) is 29.5 Å². The molecule has 0 aliphatic heterocycles. The monoisotopic (exact) mass is 282 g/mol. The van der Waals surface area contributed by atoms with Gasteiger partial charge in [0.15, 0.2) is 0 Å². The van der Waals surface area contributed by atoms with Crippen LogP contribution < -0.4 is 4.74 Å². The summed E-state index contributed by atoms with van der Waals surface area (Å²) < 4.78 is 5.44. The van der Waals surface area contributed by atoms with Crippen LogP contribution in [0, 0.1) is 5.92 Å². The molecule has 0 spiro atoms. The van der Waals surface area contributed by atoms with Gasteiger partial charge in [0.05, 0.1) is 13.2 Å². The first-order valence-electron chi connectivity index (χ1n) is 7.67. The van der Waals surface area contributed by atoms with Gasteiger partial charge in [-0.2, -0.15) is 0 Å². The minimum absolute atomic E-state index is 0.255. The third-order valence-electron chi connectivity index (χ3n) is 4.52. The highest BCUT2D eigenvalue weighted by atomic mass is 16.5. The number of rotatable bonds is 3. The van der Waals surface area contributed by atoms with Crippen molar-refractivity contribution < 1.29 is 9.84 Å². The Hall–Kier alpha value is -1.80. The number of aliphatic hydroxyl groups is 1. The first-order valence-corrected chi connectivity index (χ1v) is 7.67. The number of para-hydroxylation sites is 1. The molecule has 0 saturated heterocycles. The lowest BCUT2D eigenvalue weighted by Crippen LogP contribution is -2.15. The quantitative estimate of drug-likeness (QED) is 0.865. The van der Waals surface area contributed by atoms with Crippen molar-refractivity contribution >= 4 is 0 Å². The zero-order valence-electron chi connectivity index (χ0n) is 12.5. The van der Waals surface area contributed by atoms with Crippen LogP contribution in [0.25, 0.3) is 0 Å². The second-order valence-electron chi connectivity index (χ2n) is 5.81. The fraction of sp³-hybridized carbons (Fsp3) is 0.368. The van der Waals surface area contributed by atoms with Gasteiger partial charge >= 0.3 is 0 Å². The maximum Gasteiger partial charge on any atom is 0.122 e. The molecule has 110 valence electrons. The molecule has 0 bridgehead atoms. The van der Waals surface area contributed by atoms with Gasteiger partial charge in [0.25, 0.3) is 0 Å². The van der Waals surface area contributed by atoms with Gasteiger partial charge in [0.1, 0.15) is 5.75 Å². The average Bonchev–Trinajstić information content (AvgIpc) is 2.68. The fourth-order valence-electron chi connectivity index (χ4n) is 3.38. The Kier molecular flexibility index (Phi) is 4.26. The molecule has 2 unspecified atom stereocenters. The molecule has 0 heterocycles. The Labute approximate surface area is 126 Å². The second-order valence-corrected chi connectivity index (χ2v) is 5.81. The largest absolute Gasteiger partial charge is 0.496 e. The molecule has 0 fully saturated rings. The van der Waals surface area contributed by atoms with Crippen molar-refractivity contribution in [2.24, 2.45) is 5.92 Å². The molecule has 2 nitrogen and oxygen atoms in total. The van der Waals surface area contributed by atoms with Crippen LogP contribution in [0.4, 0.5) is 0 Å². The number of aryl methyl sites for hydroxylation is 1. The predicted molar refractivity (Wildman–Crippen MR) is 84.5 cm³/mol. The van der Waals surface area contributed by atoms with E-state index in [1.54, 1.807) is 7.11 Å². The minimum Gasteiger partial charge on any atom is -0.496 e. The third kappa shape index (κ3) is 2.96. The van der Waals surface area contributed by atoms with Gasteiger partial charge in [-0.3, -0.25) is 0 Å². The Morgan fingerprint density at radius 1 is 1.10 bits per heavy atom. The van der Waals surface area contributed by atoms with Crippen LogP contribution in [0.2, 0.25) is 0 Å². The lowest BCUT2D eigenvalue weighted by Gasteiger charge is -2.23. The molecule has 0 aromatic heterocycles. The summed E-state index contributed by atoms with van der Waals surface area (Å²) in [6.07, 6.45) is 3.73. The lowest BCUT2D eigenvalue weighted by atomic mass is 9.87. The van der Waals surface area contributed by atoms with Gasteiger partial charge in [-0.15, -0.1) is 0 Å². The van der Waals surface area contributed by atoms with Crippen LogP contribution in [0.5, 0.6) is 5.75 Å². The van der Waals surface area contributed by atoms with Crippen LogP contribution >= 0.6 is 0 Å². The summed E-state index contributed by atoms with van der Waals surface area (Å²) in [7, 11) is 1.71. The first kappa shape index (κ1) is 14.2. The second kappa shape index (κ2) is 6.31. The highest BCUT2D eigenvalue weighted by Crippen LogP contribution is 2.36. The van der Waals surface area contributed by atoms with Gasteiger partial charge in [0, 0.05) is 0 Å². The summed E-state index contributed by atoms with van der Waals surface area (Å²) in [4.78, 5) is 0. The highest BCUT2D eigenvalue weighted by molar-refractivity contribution is 5.35. The zero-order chi connectivity index (χ0) is 14.7. The van der Waals surface area contributed by atoms with E-state index in [0.29, 0.717) is 0 Å². The molecule has 0 saturated carbocycles. The molecule has 2 heteroatoms. The molecule has 2 aromatic rings. The first-order chi connectivity index (χ1) is 10.3. The van der Waals surface area contributed by atoms with E-state index in [1.807, 2.05) is 24.3 Å². The number of ether oxygens (including phenoxy) is 1. The van der Waals surface area contributed by atoms with E-state index in [2.05, 4.69) is 24.3 Å². The molecular formula is C19H22O2. The molecule has 0 amide bonds. The summed E-state index contributed by atoms with van der Waals surface area (Å²) in [5.41, 5.74) is 3.59. The van der Waals surface area contributed by atoms with Crippen LogP contribution in [-0.2, 0) is 12.8 Å². The van der Waals surface area contributed by atoms with Gasteiger partial charge in [-0.1, -0.05) is 42.5 Å². The van der Waals surface area contributed by atoms with Gasteiger partial charge in [0.2, 0.25) is 0 Å². The van der Waals surface area contributed by atoms with Crippen LogP contribution in [0.3, 0.4) is 0 Å². The maximum absolute atomic E-state index is 10.8. The van der Waals surface area contributed by atoms with Gasteiger partial charge in [-0.05, 0) is 54.4 Å². The summed E-state index contributed by atoms with van der Waals surface area (Å²) in [6.45, 7) is 0. The Balaban J connectivity index is 1.86. The maximum atomic E-state index is 10.8. The highest BCUT2D eigenvalue weighted by Gasteiger charge is 2.26. The van der Waals surface area contributed by atoms with E-state index in [-0.39, 0.29) is 12.0 Å². The summed E-state index contributed by atoms with van der Waals surface area (Å²) >= 11 is 0. The van der Waals surface area contributed by atoms with Crippen molar-refractivity contribution in [2.75, 3.05) is 7.11 Å². The molecule has 2 aromatic carbocycles. The summed E-state index contributed by atoms with van der Waals surface area (Å²) in [5.74, 6) is 1.17. The number of fused-ring (bicyclic) bond motifs is 1. The number of aliphatic hydroxyl groups excluding tert-OH is 1. The number of hydrogen-bond donors (Lipinski definition) is 1. The summed E-state index contributed by atoms with van der Waals surface area (Å²) in [6, 6.07) is 16.4. The van der Waals surface area contributed by atoms with Crippen molar-refractivity contribution in [3.63, 3.8) is 0 Å². The van der Waals surface area contributed by atoms with Crippen LogP contribution in [0.15, 0.2) is 48.5 Å². The Morgan fingerprint density at radius 2 is 1.86 bits per heavy atom. The van der Waals surface area contributed by atoms with Gasteiger partial charge < -0.3 is 9.84 Å². The predicted octanol–water partition coefficient (Wildman–Crippen LogP) is 3.92. The molecule has 1 aliphatic carbocycles. The normalized spacial score (nSPS) is 21.4. The number of hydrogen-bond acceptors (Lipinski definition) is 2. The number of methoxy groups -OCH3 is 1. The standard InChI is InChI=1S/C19H22O2/c1-21-18-12-5-3-8-15(18)13-16-10-6-9-14-7-2-4-11-17(14)19(16)20/h2-5,7-8,11-12,16,19-20H,6,9-10,13H2,1H3. The SMILES string of the molecule is COc1ccccc1CC1CCCc2ccccc2C1O. The molecule has 0 radical (unpaired) electrons. The van der Waals surface area contributed by atoms with Crippen molar-refractivity contribution in [1.82, 2.24) is 0 Å². The van der Waals surface area contributed by atoms with Crippen LogP contribution in [0.1, 0.15) is 35.6 Å². The van der Waals surface area contributed by atoms with E-state index in [0.717, 1.165) is 37.0 Å². The van der Waals surface area contributed by atoms with Crippen molar-refractivity contribution in [3.8, 4) is 5.75 Å². The third-order valence-corrected chi connectivity index (χ3v) is 4.52. The lowest BCUT2D eigenvalue weighted by molar-refractivity contribution is 0.105. The molecular weight excluding hydrogens is 260 g/mol. The molecule has 21 heavy (non-hydrogen) atoms. The van der Waals surface area contributed by atoms with E-state index >= 15 is 0 Å². The smallest absolute Gasteiger partial charge is 0.122 e. The minimum atomic E-state index is -0.381. The Bertz CT molecular complexity index is 606. The molecule has 2 atom stereocenters. The molecule has 1 aliphatic rings. The summed E-state index contributed by atoms with van der Waals surface area (Å²) in [5, 5.41) is 10.8. The van der Waals surface area contributed by atoms with Crippen LogP contribution in [-0.4, -0.2) is 12.2 Å². The van der Waals surface area contributed by atoms with Crippen molar-refractivity contribution in [1.29, 1.82) is 0 Å². The van der Waals surface area contributed by atoms with E-state index in [4.69, 9.17) is 4.74 Å². The van der Waals surface area contributed by atoms with Crippen molar-refractivity contribution in [3.05, 3.63) is 65.2 Å². The van der Waals surface area contributed by atoms with E-state index in [9.17, 15) is 5.11 Å². The number of benzene rings is 2. The van der Waals surface area contributed by atoms with E-state index in [1.165, 1.54) is 11.1 Å². The van der Waals surface area contributed by atoms with Gasteiger partial charge in [-0.25, -0.2) is 0 Å². The van der Waals surface area contributed by atoms with Crippen molar-refractivity contribution in [2.45, 2.75) is 31.8 Å². The Morgan fingerprint density at radius 3 is 2.71 bits per heavy atom. The van der Waals surface area contributed by atoms with E-state index < -0.39 is 0 Å². The zero-order valence-corrected chi connectivity index (χ0v) is 12.5. The molecule has 1 N–H and O–H groups in total. The fourth-order valence-corrected chi connectivity index (χ4v) is 3.38. The average molecular weight is 282 g/mol. The molecule has 3 rings (SSSR count).